The molecule has 0 fully saturated rings. The maximum Gasteiger partial charge on any atom is 0.305 e. The molecule has 0 spiro atoms. The number of hydrogen-bond donors (Lipinski definition) is 1. The van der Waals surface area contributed by atoms with Crippen molar-refractivity contribution in [3.63, 3.8) is 0 Å². The van der Waals surface area contributed by atoms with E-state index in [0.717, 1.165) is 17.9 Å². The summed E-state index contributed by atoms with van der Waals surface area (Å²) in [5.74, 6) is 1.66. The molecule has 36 heavy (non-hydrogen) atoms. The van der Waals surface area contributed by atoms with Gasteiger partial charge in [0.15, 0.2) is 0 Å². The Hall–Kier alpha value is -2.70. The molecule has 0 atom stereocenters. The van der Waals surface area contributed by atoms with E-state index in [9.17, 15) is 9.59 Å². The normalized spacial score (nSPS) is 11.1. The van der Waals surface area contributed by atoms with Gasteiger partial charge >= 0.3 is 5.97 Å². The molecule has 0 unspecified atom stereocenters. The lowest BCUT2D eigenvalue weighted by atomic mass is 9.66. The summed E-state index contributed by atoms with van der Waals surface area (Å²) in [7, 11) is 3.46. The largest absolute Gasteiger partial charge is 0.466 e. The predicted molar refractivity (Wildman–Crippen MR) is 152 cm³/mol. The number of carbonyl (C=O) groups is 2. The molecule has 0 heterocycles. The maximum atomic E-state index is 12.9. The smallest absolute Gasteiger partial charge is 0.305 e. The first kappa shape index (κ1) is 27.9. The number of rotatable bonds is 15. The average molecular weight is 522 g/mol. The Morgan fingerprint density at radius 3 is 1.75 bits per heavy atom. The van der Waals surface area contributed by atoms with Crippen molar-refractivity contribution in [2.24, 2.45) is 0 Å². The van der Waals surface area contributed by atoms with Crippen molar-refractivity contribution in [1.29, 1.82) is 0 Å². The Morgan fingerprint density at radius 1 is 0.750 bits per heavy atom. The summed E-state index contributed by atoms with van der Waals surface area (Å²) in [5, 5.41) is 3.09. The highest BCUT2D eigenvalue weighted by molar-refractivity contribution is 8.76. The van der Waals surface area contributed by atoms with E-state index in [4.69, 9.17) is 4.74 Å². The standard InChI is InChI=1S/C30H35NO3S2/c1-2-34-29(33)19-12-23-35-36-24-22-31-28(32)20-21-30(25-13-6-3-7-14-25,26-15-8-4-9-16-26)27-17-10-5-11-18-27/h3-11,13-18H,2,12,19-24H2,1H3,(H,31,32). The maximum absolute atomic E-state index is 12.9. The first-order valence-electron chi connectivity index (χ1n) is 12.5. The zero-order chi connectivity index (χ0) is 25.5. The van der Waals surface area contributed by atoms with Crippen LogP contribution in [0.1, 0.15) is 49.3 Å². The Bertz CT molecular complexity index is 949. The highest BCUT2D eigenvalue weighted by Crippen LogP contribution is 2.42. The molecule has 0 saturated heterocycles. The summed E-state index contributed by atoms with van der Waals surface area (Å²) in [4.78, 5) is 24.2. The molecule has 3 aromatic carbocycles. The second kappa shape index (κ2) is 15.4. The van der Waals surface area contributed by atoms with Gasteiger partial charge in [0, 0.05) is 36.3 Å². The van der Waals surface area contributed by atoms with Crippen molar-refractivity contribution in [3.8, 4) is 0 Å². The van der Waals surface area contributed by atoms with Crippen LogP contribution in [0, 0.1) is 0 Å². The van der Waals surface area contributed by atoms with E-state index in [0.29, 0.717) is 32.4 Å². The van der Waals surface area contributed by atoms with Gasteiger partial charge in [-0.15, -0.1) is 0 Å². The third kappa shape index (κ3) is 8.17. The van der Waals surface area contributed by atoms with Gasteiger partial charge in [-0.1, -0.05) is 113 Å². The van der Waals surface area contributed by atoms with Crippen molar-refractivity contribution >= 4 is 33.5 Å². The Balaban J connectivity index is 1.58. The van der Waals surface area contributed by atoms with Gasteiger partial charge in [0.2, 0.25) is 5.91 Å². The van der Waals surface area contributed by atoms with E-state index in [1.54, 1.807) is 21.6 Å². The molecule has 1 amide bonds. The predicted octanol–water partition coefficient (Wildman–Crippen LogP) is 6.64. The molecule has 3 rings (SSSR count). The number of amides is 1. The van der Waals surface area contributed by atoms with E-state index in [1.165, 1.54) is 16.7 Å². The number of nitrogens with one attached hydrogen (secondary N) is 1. The lowest BCUT2D eigenvalue weighted by Crippen LogP contribution is -2.33. The fourth-order valence-corrected chi connectivity index (χ4v) is 6.34. The second-order valence-corrected chi connectivity index (χ2v) is 11.1. The van der Waals surface area contributed by atoms with E-state index in [2.05, 4.69) is 78.1 Å². The lowest BCUT2D eigenvalue weighted by Gasteiger charge is -2.36. The Morgan fingerprint density at radius 2 is 1.25 bits per heavy atom. The van der Waals surface area contributed by atoms with Crippen LogP contribution in [0.3, 0.4) is 0 Å². The third-order valence-corrected chi connectivity index (χ3v) is 8.52. The minimum absolute atomic E-state index is 0.0649. The zero-order valence-corrected chi connectivity index (χ0v) is 22.5. The molecule has 0 aliphatic rings. The Labute approximate surface area is 223 Å². The second-order valence-electron chi connectivity index (χ2n) is 8.41. The minimum Gasteiger partial charge on any atom is -0.466 e. The summed E-state index contributed by atoms with van der Waals surface area (Å²) in [5.41, 5.74) is 3.14. The number of ether oxygens (including phenoxy) is 1. The number of carbonyl (C=O) groups excluding carboxylic acids is 2. The molecule has 190 valence electrons. The highest BCUT2D eigenvalue weighted by Gasteiger charge is 2.36. The van der Waals surface area contributed by atoms with Crippen molar-refractivity contribution in [1.82, 2.24) is 5.32 Å². The average Bonchev–Trinajstić information content (AvgIpc) is 2.92. The first-order chi connectivity index (χ1) is 17.7. The summed E-state index contributed by atoms with van der Waals surface area (Å²) in [6, 6.07) is 31.5. The summed E-state index contributed by atoms with van der Waals surface area (Å²) in [6.45, 7) is 2.88. The van der Waals surface area contributed by atoms with Gasteiger partial charge in [-0.05, 0) is 36.5 Å². The van der Waals surface area contributed by atoms with E-state index < -0.39 is 5.41 Å². The molecule has 0 aliphatic carbocycles. The topological polar surface area (TPSA) is 55.4 Å². The van der Waals surface area contributed by atoms with Crippen LogP contribution >= 0.6 is 21.6 Å². The van der Waals surface area contributed by atoms with Gasteiger partial charge in [0.25, 0.3) is 0 Å². The van der Waals surface area contributed by atoms with Gasteiger partial charge in [0.1, 0.15) is 0 Å². The van der Waals surface area contributed by atoms with Gasteiger partial charge in [0.05, 0.1) is 6.61 Å². The molecule has 0 radical (unpaired) electrons. The molecule has 0 bridgehead atoms. The van der Waals surface area contributed by atoms with E-state index in [-0.39, 0.29) is 11.9 Å². The van der Waals surface area contributed by atoms with Gasteiger partial charge < -0.3 is 10.1 Å². The van der Waals surface area contributed by atoms with Crippen molar-refractivity contribution < 1.29 is 14.3 Å². The summed E-state index contributed by atoms with van der Waals surface area (Å²) >= 11 is 0. The molecule has 4 nitrogen and oxygen atoms in total. The van der Waals surface area contributed by atoms with Crippen LogP contribution in [-0.2, 0) is 19.7 Å². The minimum atomic E-state index is -0.412. The van der Waals surface area contributed by atoms with Crippen LogP contribution in [-0.4, -0.2) is 36.5 Å². The SMILES string of the molecule is CCOC(=O)CCCSSCCNC(=O)CCC(c1ccccc1)(c1ccccc1)c1ccccc1. The van der Waals surface area contributed by atoms with E-state index >= 15 is 0 Å². The first-order valence-corrected chi connectivity index (χ1v) is 15.0. The number of hydrogen-bond acceptors (Lipinski definition) is 5. The van der Waals surface area contributed by atoms with Crippen LogP contribution in [0.15, 0.2) is 91.0 Å². The molecular weight excluding hydrogens is 486 g/mol. The molecular formula is C30H35NO3S2. The zero-order valence-electron chi connectivity index (χ0n) is 20.9. The van der Waals surface area contributed by atoms with Crippen LogP contribution in [0.2, 0.25) is 0 Å². The fourth-order valence-electron chi connectivity index (χ4n) is 4.35. The molecule has 0 aliphatic heterocycles. The third-order valence-electron chi connectivity index (χ3n) is 6.03. The highest BCUT2D eigenvalue weighted by atomic mass is 33.1. The number of esters is 1. The van der Waals surface area contributed by atoms with Gasteiger partial charge in [-0.3, -0.25) is 9.59 Å². The Kier molecular flexibility index (Phi) is 11.9. The monoisotopic (exact) mass is 521 g/mol. The van der Waals surface area contributed by atoms with Crippen LogP contribution in [0.25, 0.3) is 0 Å². The fraction of sp³-hybridized carbons (Fsp3) is 0.333. The molecule has 6 heteroatoms. The summed E-state index contributed by atoms with van der Waals surface area (Å²) in [6.07, 6.45) is 2.37. The number of benzene rings is 3. The van der Waals surface area contributed by atoms with Crippen molar-refractivity contribution in [2.45, 2.75) is 38.0 Å². The molecule has 0 saturated carbocycles. The van der Waals surface area contributed by atoms with Gasteiger partial charge in [-0.2, -0.15) is 0 Å². The molecule has 0 aromatic heterocycles. The quantitative estimate of drug-likeness (QED) is 0.105. The van der Waals surface area contributed by atoms with Crippen LogP contribution in [0.5, 0.6) is 0 Å². The van der Waals surface area contributed by atoms with Crippen LogP contribution in [0.4, 0.5) is 0 Å². The molecule has 3 aromatic rings. The van der Waals surface area contributed by atoms with Gasteiger partial charge in [-0.25, -0.2) is 0 Å². The van der Waals surface area contributed by atoms with Crippen molar-refractivity contribution in [2.75, 3.05) is 24.7 Å². The van der Waals surface area contributed by atoms with Crippen molar-refractivity contribution in [3.05, 3.63) is 108 Å². The van der Waals surface area contributed by atoms with Crippen LogP contribution < -0.4 is 5.32 Å². The molecule has 1 N–H and O–H groups in total. The van der Waals surface area contributed by atoms with E-state index in [1.807, 2.05) is 25.1 Å². The lowest BCUT2D eigenvalue weighted by molar-refractivity contribution is -0.143. The summed E-state index contributed by atoms with van der Waals surface area (Å²) < 4.78 is 4.94.